The van der Waals surface area contributed by atoms with Gasteiger partial charge in [0.25, 0.3) is 0 Å². The van der Waals surface area contributed by atoms with Crippen molar-refractivity contribution in [3.05, 3.63) is 0 Å². The average Bonchev–Trinajstić information content (AvgIpc) is 2.29. The van der Waals surface area contributed by atoms with Gasteiger partial charge >= 0.3 is 0 Å². The third kappa shape index (κ3) is 2.48. The largest absolute Gasteiger partial charge is 0.327 e. The van der Waals surface area contributed by atoms with Gasteiger partial charge in [0.1, 0.15) is 0 Å². The smallest absolute Gasteiger partial charge is 0.156 e. The zero-order valence-electron chi connectivity index (χ0n) is 9.07. The van der Waals surface area contributed by atoms with E-state index in [1.54, 1.807) is 13.8 Å². The first kappa shape index (κ1) is 12.0. The highest BCUT2D eigenvalue weighted by molar-refractivity contribution is 7.92. The lowest BCUT2D eigenvalue weighted by molar-refractivity contribution is 0.525. The van der Waals surface area contributed by atoms with Crippen LogP contribution in [-0.4, -0.2) is 25.0 Å². The van der Waals surface area contributed by atoms with Crippen LogP contribution in [-0.2, 0) is 9.84 Å². The molecule has 0 bridgehead atoms. The Morgan fingerprint density at radius 3 is 2.29 bits per heavy atom. The Morgan fingerprint density at radius 1 is 1.14 bits per heavy atom. The van der Waals surface area contributed by atoms with Crippen LogP contribution in [0, 0.1) is 0 Å². The Bertz CT molecular complexity index is 272. The quantitative estimate of drug-likeness (QED) is 0.715. The predicted octanol–water partition coefficient (Wildman–Crippen LogP) is 1.47. The van der Waals surface area contributed by atoms with E-state index >= 15 is 0 Å². The van der Waals surface area contributed by atoms with E-state index in [0.29, 0.717) is 0 Å². The maximum atomic E-state index is 12.0. The van der Waals surface area contributed by atoms with Gasteiger partial charge in [0.2, 0.25) is 0 Å². The van der Waals surface area contributed by atoms with Crippen molar-refractivity contribution in [2.75, 3.05) is 0 Å². The molecule has 0 heterocycles. The molecule has 2 unspecified atom stereocenters. The molecule has 0 aliphatic heterocycles. The van der Waals surface area contributed by atoms with Gasteiger partial charge in [-0.2, -0.15) is 0 Å². The third-order valence-electron chi connectivity index (χ3n) is 3.08. The van der Waals surface area contributed by atoms with Crippen LogP contribution in [0.1, 0.15) is 46.0 Å². The van der Waals surface area contributed by atoms with Crippen molar-refractivity contribution in [2.45, 2.75) is 62.5 Å². The van der Waals surface area contributed by atoms with E-state index in [2.05, 4.69) is 0 Å². The molecule has 0 aromatic heterocycles. The van der Waals surface area contributed by atoms with E-state index < -0.39 is 9.84 Å². The molecule has 2 atom stereocenters. The summed E-state index contributed by atoms with van der Waals surface area (Å²) >= 11 is 0. The third-order valence-corrected chi connectivity index (χ3v) is 5.83. The molecule has 0 amide bonds. The standard InChI is InChI=1S/C10H21NO2S/c1-8(2)14(12,13)10-7-5-3-4-6-9(10)11/h8-10H,3-7,11H2,1-2H3. The maximum absolute atomic E-state index is 12.0. The van der Waals surface area contributed by atoms with Gasteiger partial charge in [-0.15, -0.1) is 0 Å². The van der Waals surface area contributed by atoms with Gasteiger partial charge in [0, 0.05) is 6.04 Å². The van der Waals surface area contributed by atoms with E-state index in [1.807, 2.05) is 0 Å². The summed E-state index contributed by atoms with van der Waals surface area (Å²) in [6, 6.07) is -0.148. The van der Waals surface area contributed by atoms with Gasteiger partial charge in [-0.1, -0.05) is 19.3 Å². The van der Waals surface area contributed by atoms with Crippen LogP contribution in [0.3, 0.4) is 0 Å². The Kier molecular flexibility index (Phi) is 3.95. The Balaban J connectivity index is 2.83. The minimum absolute atomic E-state index is 0.148. The molecule has 1 saturated carbocycles. The van der Waals surface area contributed by atoms with Crippen LogP contribution in [0.2, 0.25) is 0 Å². The van der Waals surface area contributed by atoms with Crippen molar-refractivity contribution in [2.24, 2.45) is 5.73 Å². The Morgan fingerprint density at radius 2 is 1.71 bits per heavy atom. The Hall–Kier alpha value is -0.0900. The SMILES string of the molecule is CC(C)S(=O)(=O)C1CCCCCC1N. The summed E-state index contributed by atoms with van der Waals surface area (Å²) in [7, 11) is -3.00. The summed E-state index contributed by atoms with van der Waals surface area (Å²) in [5.41, 5.74) is 5.92. The summed E-state index contributed by atoms with van der Waals surface area (Å²) < 4.78 is 23.9. The Labute approximate surface area is 87.0 Å². The van der Waals surface area contributed by atoms with Crippen LogP contribution < -0.4 is 5.73 Å². The zero-order valence-corrected chi connectivity index (χ0v) is 9.89. The van der Waals surface area contributed by atoms with Crippen LogP contribution in [0.4, 0.5) is 0 Å². The van der Waals surface area contributed by atoms with E-state index in [4.69, 9.17) is 5.73 Å². The highest BCUT2D eigenvalue weighted by Crippen LogP contribution is 2.24. The molecule has 1 fully saturated rings. The van der Waals surface area contributed by atoms with E-state index in [1.165, 1.54) is 0 Å². The molecule has 0 spiro atoms. The molecule has 2 N–H and O–H groups in total. The topological polar surface area (TPSA) is 60.2 Å². The van der Waals surface area contributed by atoms with Crippen molar-refractivity contribution < 1.29 is 8.42 Å². The first-order valence-corrected chi connectivity index (χ1v) is 7.05. The van der Waals surface area contributed by atoms with Crippen LogP contribution in [0.15, 0.2) is 0 Å². The minimum Gasteiger partial charge on any atom is -0.327 e. The van der Waals surface area contributed by atoms with Gasteiger partial charge in [-0.05, 0) is 26.7 Å². The lowest BCUT2D eigenvalue weighted by Gasteiger charge is -2.23. The lowest BCUT2D eigenvalue weighted by atomic mass is 10.1. The second-order valence-corrected chi connectivity index (χ2v) is 7.20. The molecule has 0 aromatic rings. The molecule has 4 heteroatoms. The molecule has 0 saturated heterocycles. The summed E-state index contributed by atoms with van der Waals surface area (Å²) in [5, 5.41) is -0.596. The zero-order chi connectivity index (χ0) is 10.8. The number of hydrogen-bond acceptors (Lipinski definition) is 3. The number of hydrogen-bond donors (Lipinski definition) is 1. The summed E-state index contributed by atoms with van der Waals surface area (Å²) in [6.45, 7) is 3.49. The van der Waals surface area contributed by atoms with Crippen molar-refractivity contribution in [3.8, 4) is 0 Å². The highest BCUT2D eigenvalue weighted by atomic mass is 32.2. The van der Waals surface area contributed by atoms with Crippen LogP contribution in [0.25, 0.3) is 0 Å². The highest BCUT2D eigenvalue weighted by Gasteiger charge is 2.33. The fourth-order valence-electron chi connectivity index (χ4n) is 2.06. The summed E-state index contributed by atoms with van der Waals surface area (Å²) in [6.07, 6.45) is 4.81. The van der Waals surface area contributed by atoms with Gasteiger partial charge in [0.05, 0.1) is 10.5 Å². The van der Waals surface area contributed by atoms with Gasteiger partial charge in [-0.3, -0.25) is 0 Å². The van der Waals surface area contributed by atoms with E-state index in [9.17, 15) is 8.42 Å². The number of rotatable bonds is 2. The molecule has 1 rings (SSSR count). The fraction of sp³-hybridized carbons (Fsp3) is 1.00. The molecule has 1 aliphatic carbocycles. The fourth-order valence-corrected chi connectivity index (χ4v) is 3.88. The van der Waals surface area contributed by atoms with Crippen molar-refractivity contribution in [1.29, 1.82) is 0 Å². The van der Waals surface area contributed by atoms with Crippen molar-refractivity contribution >= 4 is 9.84 Å². The molecule has 14 heavy (non-hydrogen) atoms. The molecule has 3 nitrogen and oxygen atoms in total. The molecular formula is C10H21NO2S. The molecular weight excluding hydrogens is 198 g/mol. The monoisotopic (exact) mass is 219 g/mol. The minimum atomic E-state index is -3.00. The van der Waals surface area contributed by atoms with E-state index in [-0.39, 0.29) is 16.5 Å². The predicted molar refractivity (Wildman–Crippen MR) is 58.9 cm³/mol. The lowest BCUT2D eigenvalue weighted by Crippen LogP contribution is -2.42. The number of sulfone groups is 1. The first-order chi connectivity index (χ1) is 6.46. The van der Waals surface area contributed by atoms with Gasteiger partial charge in [-0.25, -0.2) is 8.42 Å². The molecule has 0 aromatic carbocycles. The maximum Gasteiger partial charge on any atom is 0.156 e. The van der Waals surface area contributed by atoms with Crippen molar-refractivity contribution in [3.63, 3.8) is 0 Å². The van der Waals surface area contributed by atoms with Crippen LogP contribution in [0.5, 0.6) is 0 Å². The molecule has 0 radical (unpaired) electrons. The average molecular weight is 219 g/mol. The second-order valence-electron chi connectivity index (χ2n) is 4.48. The normalized spacial score (nSPS) is 30.3. The van der Waals surface area contributed by atoms with Crippen molar-refractivity contribution in [1.82, 2.24) is 0 Å². The van der Waals surface area contributed by atoms with Crippen LogP contribution >= 0.6 is 0 Å². The summed E-state index contributed by atoms with van der Waals surface area (Å²) in [4.78, 5) is 0. The van der Waals surface area contributed by atoms with Gasteiger partial charge in [0.15, 0.2) is 9.84 Å². The first-order valence-electron chi connectivity index (χ1n) is 5.44. The second kappa shape index (κ2) is 4.62. The van der Waals surface area contributed by atoms with E-state index in [0.717, 1.165) is 32.1 Å². The summed E-state index contributed by atoms with van der Waals surface area (Å²) in [5.74, 6) is 0. The molecule has 84 valence electrons. The van der Waals surface area contributed by atoms with Gasteiger partial charge < -0.3 is 5.73 Å². The molecule has 1 aliphatic rings. The number of nitrogens with two attached hydrogens (primary N) is 1.